The SMILES string of the molecule is O=[N+]([O-])c1ccccc1CN1CCN(Cc2ccccc2)CC1. The van der Waals surface area contributed by atoms with E-state index in [1.54, 1.807) is 12.1 Å². The van der Waals surface area contributed by atoms with Crippen molar-refractivity contribution in [3.63, 3.8) is 0 Å². The van der Waals surface area contributed by atoms with Crippen LogP contribution in [-0.4, -0.2) is 40.9 Å². The Morgan fingerprint density at radius 2 is 1.39 bits per heavy atom. The van der Waals surface area contributed by atoms with Gasteiger partial charge in [0, 0.05) is 50.9 Å². The zero-order chi connectivity index (χ0) is 16.1. The summed E-state index contributed by atoms with van der Waals surface area (Å²) in [4.78, 5) is 15.5. The van der Waals surface area contributed by atoms with Gasteiger partial charge in [-0.25, -0.2) is 0 Å². The van der Waals surface area contributed by atoms with Crippen LogP contribution in [0.1, 0.15) is 11.1 Å². The Morgan fingerprint density at radius 3 is 2.04 bits per heavy atom. The highest BCUT2D eigenvalue weighted by molar-refractivity contribution is 5.39. The van der Waals surface area contributed by atoms with Gasteiger partial charge in [0.25, 0.3) is 5.69 Å². The van der Waals surface area contributed by atoms with E-state index in [4.69, 9.17) is 0 Å². The van der Waals surface area contributed by atoms with Crippen molar-refractivity contribution in [1.29, 1.82) is 0 Å². The molecule has 1 heterocycles. The van der Waals surface area contributed by atoms with Crippen molar-refractivity contribution in [1.82, 2.24) is 9.80 Å². The molecule has 120 valence electrons. The Bertz CT molecular complexity index is 652. The molecule has 5 heteroatoms. The van der Waals surface area contributed by atoms with Crippen molar-refractivity contribution in [2.75, 3.05) is 26.2 Å². The lowest BCUT2D eigenvalue weighted by Gasteiger charge is -2.34. The van der Waals surface area contributed by atoms with E-state index in [0.29, 0.717) is 6.54 Å². The van der Waals surface area contributed by atoms with Crippen LogP contribution in [0.4, 0.5) is 5.69 Å². The van der Waals surface area contributed by atoms with Gasteiger partial charge in [-0.2, -0.15) is 0 Å². The zero-order valence-corrected chi connectivity index (χ0v) is 13.1. The minimum atomic E-state index is -0.291. The molecule has 0 aliphatic carbocycles. The molecule has 1 saturated heterocycles. The molecule has 0 amide bonds. The number of rotatable bonds is 5. The quantitative estimate of drug-likeness (QED) is 0.629. The van der Waals surface area contributed by atoms with Gasteiger partial charge in [0.05, 0.1) is 4.92 Å². The van der Waals surface area contributed by atoms with Gasteiger partial charge in [-0.05, 0) is 5.56 Å². The maximum atomic E-state index is 11.1. The number of para-hydroxylation sites is 1. The Morgan fingerprint density at radius 1 is 0.826 bits per heavy atom. The summed E-state index contributed by atoms with van der Waals surface area (Å²) in [5.74, 6) is 0. The van der Waals surface area contributed by atoms with E-state index >= 15 is 0 Å². The summed E-state index contributed by atoms with van der Waals surface area (Å²) in [7, 11) is 0. The molecule has 5 nitrogen and oxygen atoms in total. The van der Waals surface area contributed by atoms with Crippen molar-refractivity contribution in [2.45, 2.75) is 13.1 Å². The molecule has 0 saturated carbocycles. The fourth-order valence-corrected chi connectivity index (χ4v) is 3.01. The second kappa shape index (κ2) is 7.35. The maximum absolute atomic E-state index is 11.1. The average molecular weight is 311 g/mol. The molecule has 1 aliphatic heterocycles. The second-order valence-electron chi connectivity index (χ2n) is 5.92. The molecule has 0 aromatic heterocycles. The Labute approximate surface area is 136 Å². The minimum Gasteiger partial charge on any atom is -0.297 e. The highest BCUT2D eigenvalue weighted by atomic mass is 16.6. The smallest absolute Gasteiger partial charge is 0.273 e. The number of hydrogen-bond donors (Lipinski definition) is 0. The van der Waals surface area contributed by atoms with Crippen molar-refractivity contribution in [3.8, 4) is 0 Å². The van der Waals surface area contributed by atoms with Gasteiger partial charge in [0.15, 0.2) is 0 Å². The molecule has 0 atom stereocenters. The lowest BCUT2D eigenvalue weighted by atomic mass is 10.1. The van der Waals surface area contributed by atoms with Crippen molar-refractivity contribution in [2.24, 2.45) is 0 Å². The van der Waals surface area contributed by atoms with Crippen LogP contribution in [0.25, 0.3) is 0 Å². The van der Waals surface area contributed by atoms with E-state index < -0.39 is 0 Å². The number of nitro groups is 1. The first-order valence-corrected chi connectivity index (χ1v) is 7.93. The average Bonchev–Trinajstić information content (AvgIpc) is 2.58. The van der Waals surface area contributed by atoms with Gasteiger partial charge >= 0.3 is 0 Å². The maximum Gasteiger partial charge on any atom is 0.273 e. The summed E-state index contributed by atoms with van der Waals surface area (Å²) in [6.07, 6.45) is 0. The van der Waals surface area contributed by atoms with Gasteiger partial charge in [0.2, 0.25) is 0 Å². The van der Waals surface area contributed by atoms with Crippen molar-refractivity contribution >= 4 is 5.69 Å². The fourth-order valence-electron chi connectivity index (χ4n) is 3.01. The first kappa shape index (κ1) is 15.6. The first-order valence-electron chi connectivity index (χ1n) is 7.93. The molecule has 0 unspecified atom stereocenters. The van der Waals surface area contributed by atoms with E-state index in [1.807, 2.05) is 18.2 Å². The normalized spacial score (nSPS) is 16.3. The third-order valence-electron chi connectivity index (χ3n) is 4.30. The summed E-state index contributed by atoms with van der Waals surface area (Å²) >= 11 is 0. The molecule has 1 aliphatic rings. The number of hydrogen-bond acceptors (Lipinski definition) is 4. The van der Waals surface area contributed by atoms with E-state index in [0.717, 1.165) is 38.3 Å². The largest absolute Gasteiger partial charge is 0.297 e. The fraction of sp³-hybridized carbons (Fsp3) is 0.333. The van der Waals surface area contributed by atoms with E-state index in [1.165, 1.54) is 5.56 Å². The van der Waals surface area contributed by atoms with Crippen LogP contribution >= 0.6 is 0 Å². The van der Waals surface area contributed by atoms with Gasteiger partial charge < -0.3 is 0 Å². The van der Waals surface area contributed by atoms with Gasteiger partial charge in [0.1, 0.15) is 0 Å². The highest BCUT2D eigenvalue weighted by Crippen LogP contribution is 2.20. The minimum absolute atomic E-state index is 0.221. The third kappa shape index (κ3) is 4.15. The summed E-state index contributed by atoms with van der Waals surface area (Å²) in [5.41, 5.74) is 2.35. The summed E-state index contributed by atoms with van der Waals surface area (Å²) < 4.78 is 0. The van der Waals surface area contributed by atoms with Crippen molar-refractivity contribution < 1.29 is 4.92 Å². The predicted molar refractivity (Wildman–Crippen MR) is 90.1 cm³/mol. The molecular formula is C18H21N3O2. The lowest BCUT2D eigenvalue weighted by molar-refractivity contribution is -0.385. The number of nitro benzene ring substituents is 1. The molecule has 3 rings (SSSR count). The molecule has 0 spiro atoms. The number of benzene rings is 2. The molecule has 2 aromatic rings. The second-order valence-corrected chi connectivity index (χ2v) is 5.92. The van der Waals surface area contributed by atoms with Gasteiger partial charge in [-0.15, -0.1) is 0 Å². The summed E-state index contributed by atoms with van der Waals surface area (Å²) in [6, 6.07) is 17.5. The standard InChI is InChI=1S/C18H21N3O2/c22-21(23)18-9-5-4-8-17(18)15-20-12-10-19(11-13-20)14-16-6-2-1-3-7-16/h1-9H,10-15H2. The van der Waals surface area contributed by atoms with Crippen LogP contribution in [0.5, 0.6) is 0 Å². The van der Waals surface area contributed by atoms with Crippen LogP contribution in [0.2, 0.25) is 0 Å². The van der Waals surface area contributed by atoms with Crippen LogP contribution in [0.15, 0.2) is 54.6 Å². The molecule has 0 bridgehead atoms. The number of nitrogens with zero attached hydrogens (tertiary/aromatic N) is 3. The van der Waals surface area contributed by atoms with Gasteiger partial charge in [-0.1, -0.05) is 48.5 Å². The summed E-state index contributed by atoms with van der Waals surface area (Å²) in [5, 5.41) is 11.1. The van der Waals surface area contributed by atoms with Crippen LogP contribution < -0.4 is 0 Å². The monoisotopic (exact) mass is 311 g/mol. The third-order valence-corrected chi connectivity index (χ3v) is 4.30. The highest BCUT2D eigenvalue weighted by Gasteiger charge is 2.20. The Kier molecular flexibility index (Phi) is 5.00. The Balaban J connectivity index is 1.54. The van der Waals surface area contributed by atoms with E-state index in [-0.39, 0.29) is 10.6 Å². The molecule has 0 radical (unpaired) electrons. The molecular weight excluding hydrogens is 290 g/mol. The van der Waals surface area contributed by atoms with Crippen LogP contribution in [0, 0.1) is 10.1 Å². The first-order chi connectivity index (χ1) is 11.2. The van der Waals surface area contributed by atoms with Crippen molar-refractivity contribution in [3.05, 3.63) is 75.8 Å². The number of piperazine rings is 1. The molecule has 0 N–H and O–H groups in total. The topological polar surface area (TPSA) is 49.6 Å². The van der Waals surface area contributed by atoms with E-state index in [2.05, 4.69) is 34.1 Å². The Hall–Kier alpha value is -2.24. The molecule has 2 aromatic carbocycles. The lowest BCUT2D eigenvalue weighted by Crippen LogP contribution is -2.45. The molecule has 23 heavy (non-hydrogen) atoms. The van der Waals surface area contributed by atoms with Crippen LogP contribution in [0.3, 0.4) is 0 Å². The van der Waals surface area contributed by atoms with Gasteiger partial charge in [-0.3, -0.25) is 19.9 Å². The van der Waals surface area contributed by atoms with Crippen LogP contribution in [-0.2, 0) is 13.1 Å². The molecule has 1 fully saturated rings. The van der Waals surface area contributed by atoms with E-state index in [9.17, 15) is 10.1 Å². The predicted octanol–water partition coefficient (Wildman–Crippen LogP) is 2.91. The zero-order valence-electron chi connectivity index (χ0n) is 13.1. The summed E-state index contributed by atoms with van der Waals surface area (Å²) in [6.45, 7) is 5.50.